The van der Waals surface area contributed by atoms with Gasteiger partial charge in [-0.05, 0) is 24.3 Å². The van der Waals surface area contributed by atoms with Crippen LogP contribution >= 0.6 is 0 Å². The summed E-state index contributed by atoms with van der Waals surface area (Å²) in [7, 11) is 0. The molecular weight excluding hydrogens is 435 g/mol. The Morgan fingerprint density at radius 3 is 2.62 bits per heavy atom. The predicted molar refractivity (Wildman–Crippen MR) is 101 cm³/mol. The maximum atomic E-state index is 13.5. The van der Waals surface area contributed by atoms with Crippen molar-refractivity contribution in [3.8, 4) is 17.2 Å². The van der Waals surface area contributed by atoms with E-state index in [0.717, 1.165) is 16.8 Å². The van der Waals surface area contributed by atoms with E-state index in [9.17, 15) is 32.7 Å². The molecular formula is C20H14F3N3O6. The molecule has 0 fully saturated rings. The van der Waals surface area contributed by atoms with Gasteiger partial charge in [-0.2, -0.15) is 0 Å². The topological polar surface area (TPSA) is 123 Å². The summed E-state index contributed by atoms with van der Waals surface area (Å²) in [5.74, 6) is -3.55. The molecule has 0 aliphatic carbocycles. The molecule has 0 saturated heterocycles. The smallest absolute Gasteiger partial charge is 0.481 e. The molecule has 9 nitrogen and oxygen atoms in total. The number of rotatable bonds is 6. The van der Waals surface area contributed by atoms with Crippen LogP contribution in [0.4, 0.5) is 13.2 Å². The second-order valence-electron chi connectivity index (χ2n) is 6.79. The SMILES string of the molecule is O=C(O)CC(NC(=O)c1cc(=O)n(-c2cccc(F)c2)[nH]1)c1cccc2c1OC(F)(F)O2. The van der Waals surface area contributed by atoms with E-state index in [1.807, 2.05) is 0 Å². The van der Waals surface area contributed by atoms with Crippen LogP contribution in [0.2, 0.25) is 0 Å². The molecule has 12 heteroatoms. The summed E-state index contributed by atoms with van der Waals surface area (Å²) in [6, 6.07) is 8.52. The van der Waals surface area contributed by atoms with Crippen molar-refractivity contribution in [2.75, 3.05) is 0 Å². The summed E-state index contributed by atoms with van der Waals surface area (Å²) >= 11 is 0. The molecule has 3 aromatic rings. The van der Waals surface area contributed by atoms with Gasteiger partial charge in [-0.25, -0.2) is 9.07 Å². The first-order valence-corrected chi connectivity index (χ1v) is 9.12. The number of alkyl halides is 2. The minimum atomic E-state index is -3.94. The van der Waals surface area contributed by atoms with Crippen molar-refractivity contribution in [2.45, 2.75) is 18.8 Å². The van der Waals surface area contributed by atoms with Gasteiger partial charge in [0.15, 0.2) is 11.5 Å². The molecule has 32 heavy (non-hydrogen) atoms. The van der Waals surface area contributed by atoms with Crippen molar-refractivity contribution in [1.29, 1.82) is 0 Å². The number of hydrogen-bond donors (Lipinski definition) is 3. The Balaban J connectivity index is 1.64. The molecule has 0 spiro atoms. The highest BCUT2D eigenvalue weighted by molar-refractivity contribution is 5.92. The standard InChI is InChI=1S/C20H14F3N3O6/c21-10-3-1-4-11(7-10)26-16(27)8-14(25-26)19(30)24-13(9-17(28)29)12-5-2-6-15-18(12)32-20(22,23)31-15/h1-8,13,25H,9H2,(H,24,30)(H,28,29). The van der Waals surface area contributed by atoms with Crippen LogP contribution in [0.1, 0.15) is 28.5 Å². The van der Waals surface area contributed by atoms with E-state index in [1.54, 1.807) is 0 Å². The number of carboxylic acid groups (broad SMARTS) is 1. The lowest BCUT2D eigenvalue weighted by Gasteiger charge is -2.18. The zero-order valence-corrected chi connectivity index (χ0v) is 16.0. The van der Waals surface area contributed by atoms with Crippen LogP contribution in [0, 0.1) is 5.82 Å². The Morgan fingerprint density at radius 1 is 1.16 bits per heavy atom. The largest absolute Gasteiger partial charge is 0.586 e. The fourth-order valence-electron chi connectivity index (χ4n) is 3.23. The highest BCUT2D eigenvalue weighted by Gasteiger charge is 2.45. The maximum Gasteiger partial charge on any atom is 0.586 e. The lowest BCUT2D eigenvalue weighted by molar-refractivity contribution is -0.287. The maximum absolute atomic E-state index is 13.5. The Hall–Kier alpha value is -4.22. The van der Waals surface area contributed by atoms with Crippen molar-refractivity contribution in [3.63, 3.8) is 0 Å². The number of nitrogens with one attached hydrogen (secondary N) is 2. The number of para-hydroxylation sites is 1. The Kier molecular flexibility index (Phi) is 5.12. The average Bonchev–Trinajstić information content (AvgIpc) is 3.25. The minimum Gasteiger partial charge on any atom is -0.481 e. The molecule has 166 valence electrons. The number of aliphatic carboxylic acids is 1. The van der Waals surface area contributed by atoms with Gasteiger partial charge in [0.25, 0.3) is 11.5 Å². The Labute approximate surface area is 177 Å². The van der Waals surface area contributed by atoms with Crippen LogP contribution in [0.15, 0.2) is 53.3 Å². The fourth-order valence-corrected chi connectivity index (χ4v) is 3.23. The Morgan fingerprint density at radius 2 is 1.91 bits per heavy atom. The summed E-state index contributed by atoms with van der Waals surface area (Å²) in [5, 5.41) is 14.1. The Bertz CT molecular complexity index is 1270. The van der Waals surface area contributed by atoms with Gasteiger partial charge >= 0.3 is 12.3 Å². The van der Waals surface area contributed by atoms with Gasteiger partial charge in [0, 0.05) is 11.6 Å². The van der Waals surface area contributed by atoms with Gasteiger partial charge in [0.2, 0.25) is 0 Å². The molecule has 0 saturated carbocycles. The van der Waals surface area contributed by atoms with Gasteiger partial charge in [0.05, 0.1) is 18.2 Å². The molecule has 1 atom stereocenters. The first kappa shape index (κ1) is 21.0. The number of ether oxygens (including phenoxy) is 2. The molecule has 1 aromatic heterocycles. The third kappa shape index (κ3) is 4.15. The first-order valence-electron chi connectivity index (χ1n) is 9.12. The summed E-state index contributed by atoms with van der Waals surface area (Å²) in [4.78, 5) is 36.3. The van der Waals surface area contributed by atoms with E-state index in [0.29, 0.717) is 0 Å². The molecule has 3 N–H and O–H groups in total. The summed E-state index contributed by atoms with van der Waals surface area (Å²) in [6.07, 6.45) is -4.62. The molecule has 4 rings (SSSR count). The number of H-pyrrole nitrogens is 1. The first-order chi connectivity index (χ1) is 15.1. The number of nitrogens with zero attached hydrogens (tertiary/aromatic N) is 1. The van der Waals surface area contributed by atoms with Gasteiger partial charge in [-0.1, -0.05) is 18.2 Å². The van der Waals surface area contributed by atoms with Crippen LogP contribution in [0.25, 0.3) is 5.69 Å². The number of carboxylic acids is 1. The lowest BCUT2D eigenvalue weighted by Crippen LogP contribution is -2.31. The third-order valence-electron chi connectivity index (χ3n) is 4.55. The van der Waals surface area contributed by atoms with Gasteiger partial charge in [0.1, 0.15) is 11.5 Å². The zero-order valence-electron chi connectivity index (χ0n) is 16.0. The van der Waals surface area contributed by atoms with Gasteiger partial charge in [-0.15, -0.1) is 8.78 Å². The molecule has 1 aliphatic heterocycles. The summed E-state index contributed by atoms with van der Waals surface area (Å²) in [6.45, 7) is 0. The van der Waals surface area contributed by atoms with Crippen molar-refractivity contribution in [3.05, 3.63) is 76.0 Å². The van der Waals surface area contributed by atoms with Crippen LogP contribution in [-0.4, -0.2) is 33.1 Å². The number of amides is 1. The molecule has 1 amide bonds. The highest BCUT2D eigenvalue weighted by Crippen LogP contribution is 2.45. The number of aromatic amines is 1. The average molecular weight is 449 g/mol. The zero-order chi connectivity index (χ0) is 23.0. The van der Waals surface area contributed by atoms with Crippen LogP contribution in [0.3, 0.4) is 0 Å². The number of benzene rings is 2. The summed E-state index contributed by atoms with van der Waals surface area (Å²) < 4.78 is 50.2. The number of fused-ring (bicyclic) bond motifs is 1. The normalized spacial score (nSPS) is 14.7. The van der Waals surface area contributed by atoms with Crippen molar-refractivity contribution in [2.24, 2.45) is 0 Å². The van der Waals surface area contributed by atoms with Crippen molar-refractivity contribution in [1.82, 2.24) is 15.1 Å². The van der Waals surface area contributed by atoms with Gasteiger partial charge in [-0.3, -0.25) is 19.5 Å². The van der Waals surface area contributed by atoms with Crippen molar-refractivity contribution >= 4 is 11.9 Å². The number of halogens is 3. The monoisotopic (exact) mass is 449 g/mol. The molecule has 2 aromatic carbocycles. The number of carbonyl (C=O) groups excluding carboxylic acids is 1. The molecule has 1 aliphatic rings. The van der Waals surface area contributed by atoms with E-state index in [1.165, 1.54) is 36.4 Å². The minimum absolute atomic E-state index is 0.0534. The second-order valence-corrected chi connectivity index (χ2v) is 6.79. The number of hydrogen-bond acceptors (Lipinski definition) is 5. The summed E-state index contributed by atoms with van der Waals surface area (Å²) in [5.41, 5.74) is -0.857. The molecule has 0 radical (unpaired) electrons. The van der Waals surface area contributed by atoms with E-state index in [-0.39, 0.29) is 22.7 Å². The second kappa shape index (κ2) is 7.80. The lowest BCUT2D eigenvalue weighted by atomic mass is 10.0. The van der Waals surface area contributed by atoms with Crippen LogP contribution < -0.4 is 20.3 Å². The van der Waals surface area contributed by atoms with E-state index in [2.05, 4.69) is 19.9 Å². The van der Waals surface area contributed by atoms with Crippen LogP contribution in [0.5, 0.6) is 11.5 Å². The van der Waals surface area contributed by atoms with E-state index >= 15 is 0 Å². The number of carbonyl (C=O) groups is 2. The quantitative estimate of drug-likeness (QED) is 0.532. The fraction of sp³-hybridized carbons (Fsp3) is 0.150. The molecule has 1 unspecified atom stereocenters. The third-order valence-corrected chi connectivity index (χ3v) is 4.55. The highest BCUT2D eigenvalue weighted by atomic mass is 19.3. The molecule has 0 bridgehead atoms. The van der Waals surface area contributed by atoms with E-state index < -0.39 is 47.8 Å². The van der Waals surface area contributed by atoms with Crippen molar-refractivity contribution < 1.29 is 37.3 Å². The van der Waals surface area contributed by atoms with Gasteiger partial charge < -0.3 is 19.9 Å². The van der Waals surface area contributed by atoms with Crippen LogP contribution in [-0.2, 0) is 4.79 Å². The number of aromatic nitrogens is 2. The molecule has 2 heterocycles. The predicted octanol–water partition coefficient (Wildman–Crippen LogP) is 2.57. The van der Waals surface area contributed by atoms with E-state index in [4.69, 9.17) is 0 Å².